The lowest BCUT2D eigenvalue weighted by atomic mass is 9.88. The smallest absolute Gasteiger partial charge is 0.410 e. The van der Waals surface area contributed by atoms with Crippen molar-refractivity contribution in [2.75, 3.05) is 52.5 Å². The number of alkyl carbamates (subject to hydrolysis) is 1. The summed E-state index contributed by atoms with van der Waals surface area (Å²) in [6.45, 7) is 8.08. The second kappa shape index (κ2) is 22.2. The Morgan fingerprint density at radius 3 is 2.33 bits per heavy atom. The van der Waals surface area contributed by atoms with Gasteiger partial charge in [-0.05, 0) is 70.2 Å². The van der Waals surface area contributed by atoms with Gasteiger partial charge < -0.3 is 43.9 Å². The SMILES string of the molecule is CC(=O)O[C@@H](C)C(=O)N(CC1CN(C(=O)OC(C)(C)C)CC1OC(=O)NCCC(=O)NCCN1C(=O)C=CC1=O)C(c1nc(-c2cc(F)ccc2F)cn1Cc1ccccc1)C1CCOCC1. The minimum Gasteiger partial charge on any atom is -0.453 e. The van der Waals surface area contributed by atoms with E-state index in [0.29, 0.717) is 31.9 Å². The van der Waals surface area contributed by atoms with Gasteiger partial charge in [-0.2, -0.15) is 0 Å². The Labute approximate surface area is 386 Å². The van der Waals surface area contributed by atoms with Crippen LogP contribution in [-0.4, -0.2) is 136 Å². The highest BCUT2D eigenvalue weighted by Gasteiger charge is 2.45. The van der Waals surface area contributed by atoms with Crippen LogP contribution in [0.3, 0.4) is 0 Å². The first-order valence-corrected chi connectivity index (χ1v) is 22.2. The quantitative estimate of drug-likeness (QED) is 0.109. The number of likely N-dealkylation sites (tertiary alicyclic amines) is 1. The Morgan fingerprint density at radius 2 is 1.66 bits per heavy atom. The average molecular weight is 934 g/mol. The third-order valence-corrected chi connectivity index (χ3v) is 11.4. The number of benzene rings is 2. The number of esters is 1. The van der Waals surface area contributed by atoms with E-state index >= 15 is 4.39 Å². The third-order valence-electron chi connectivity index (χ3n) is 11.4. The molecule has 0 bridgehead atoms. The molecule has 0 aliphatic carbocycles. The molecule has 67 heavy (non-hydrogen) atoms. The summed E-state index contributed by atoms with van der Waals surface area (Å²) >= 11 is 0. The number of nitrogens with zero attached hydrogens (tertiary/aromatic N) is 5. The number of carbonyl (C=O) groups is 7. The summed E-state index contributed by atoms with van der Waals surface area (Å²) in [7, 11) is 0. The number of amides is 6. The van der Waals surface area contributed by atoms with Crippen molar-refractivity contribution in [3.05, 3.63) is 89.9 Å². The number of ether oxygens (including phenoxy) is 4. The fourth-order valence-electron chi connectivity index (χ4n) is 8.29. The lowest BCUT2D eigenvalue weighted by molar-refractivity contribution is -0.160. The van der Waals surface area contributed by atoms with Crippen LogP contribution >= 0.6 is 0 Å². The van der Waals surface area contributed by atoms with Gasteiger partial charge in [0.2, 0.25) is 5.91 Å². The molecule has 3 unspecified atom stereocenters. The molecule has 3 aliphatic heterocycles. The number of imidazole rings is 1. The maximum absolute atomic E-state index is 15.5. The molecule has 3 aromatic rings. The molecule has 0 spiro atoms. The van der Waals surface area contributed by atoms with E-state index in [1.165, 1.54) is 23.6 Å². The van der Waals surface area contributed by atoms with Gasteiger partial charge in [0.1, 0.15) is 29.2 Å². The van der Waals surface area contributed by atoms with Crippen LogP contribution in [-0.2, 0) is 49.5 Å². The lowest BCUT2D eigenvalue weighted by Gasteiger charge is -2.41. The molecular formula is C47H57F2N7O11. The zero-order valence-corrected chi connectivity index (χ0v) is 38.2. The number of rotatable bonds is 17. The van der Waals surface area contributed by atoms with Gasteiger partial charge in [-0.15, -0.1) is 0 Å². The molecule has 6 amide bonds. The molecule has 18 nitrogen and oxygen atoms in total. The van der Waals surface area contributed by atoms with Crippen molar-refractivity contribution in [3.63, 3.8) is 0 Å². The van der Waals surface area contributed by atoms with Crippen molar-refractivity contribution >= 4 is 41.8 Å². The molecule has 4 heterocycles. The first kappa shape index (κ1) is 49.7. The maximum atomic E-state index is 15.5. The number of aromatic nitrogens is 2. The van der Waals surface area contributed by atoms with E-state index in [-0.39, 0.29) is 69.4 Å². The maximum Gasteiger partial charge on any atom is 0.410 e. The standard InChI is InChI=1S/C47H57F2N7O11/c1-29(65-30(2)57)44(61)56(42(32-16-21-64-22-17-32)43-52-37(35-23-34(48)11-12-36(35)49)27-53(43)24-31-9-7-6-8-10-31)26-33-25-54(46(63)67-47(3,4)5)28-38(33)66-45(62)51-18-15-39(58)50-19-20-55-40(59)13-14-41(55)60/h6-14,23,27,29,32-33,38,42H,15-22,24-26,28H2,1-5H3,(H,50,58)(H,51,62)/t29-,33?,38?,42?/m0/s1. The summed E-state index contributed by atoms with van der Waals surface area (Å²) in [6, 6.07) is 11.5. The van der Waals surface area contributed by atoms with E-state index in [2.05, 4.69) is 10.6 Å². The number of carbonyl (C=O) groups excluding carboxylic acids is 7. The number of halogens is 2. The minimum atomic E-state index is -1.32. The highest BCUT2D eigenvalue weighted by Crippen LogP contribution is 2.39. The van der Waals surface area contributed by atoms with Gasteiger partial charge in [-0.3, -0.25) is 28.9 Å². The van der Waals surface area contributed by atoms with Crippen LogP contribution in [0.5, 0.6) is 0 Å². The van der Waals surface area contributed by atoms with Gasteiger partial charge in [0.15, 0.2) is 6.10 Å². The molecule has 2 fully saturated rings. The zero-order valence-electron chi connectivity index (χ0n) is 38.2. The summed E-state index contributed by atoms with van der Waals surface area (Å²) in [5.41, 5.74) is -0.0292. The molecule has 0 saturated carbocycles. The van der Waals surface area contributed by atoms with Crippen LogP contribution in [0.4, 0.5) is 18.4 Å². The van der Waals surface area contributed by atoms with Crippen LogP contribution in [0.1, 0.15) is 71.3 Å². The molecule has 0 radical (unpaired) electrons. The second-order valence-electron chi connectivity index (χ2n) is 17.6. The van der Waals surface area contributed by atoms with Gasteiger partial charge in [-0.25, -0.2) is 23.4 Å². The predicted octanol–water partition coefficient (Wildman–Crippen LogP) is 4.52. The Balaban J connectivity index is 1.32. The molecule has 360 valence electrons. The first-order valence-electron chi connectivity index (χ1n) is 22.2. The predicted molar refractivity (Wildman–Crippen MR) is 235 cm³/mol. The molecule has 3 aliphatic rings. The molecule has 2 aromatic carbocycles. The lowest BCUT2D eigenvalue weighted by Crippen LogP contribution is -2.50. The van der Waals surface area contributed by atoms with Gasteiger partial charge in [0.05, 0.1) is 18.3 Å². The highest BCUT2D eigenvalue weighted by molar-refractivity contribution is 6.12. The molecule has 20 heteroatoms. The highest BCUT2D eigenvalue weighted by atomic mass is 19.1. The number of imide groups is 1. The van der Waals surface area contributed by atoms with Crippen LogP contribution in [0.15, 0.2) is 66.9 Å². The normalized spacial score (nSPS) is 18.4. The number of nitrogens with one attached hydrogen (secondary N) is 2. The summed E-state index contributed by atoms with van der Waals surface area (Å²) in [5, 5.41) is 5.15. The summed E-state index contributed by atoms with van der Waals surface area (Å²) in [5.74, 6) is -4.95. The summed E-state index contributed by atoms with van der Waals surface area (Å²) < 4.78 is 54.8. The van der Waals surface area contributed by atoms with E-state index in [4.69, 9.17) is 23.9 Å². The fourth-order valence-corrected chi connectivity index (χ4v) is 8.29. The second-order valence-corrected chi connectivity index (χ2v) is 17.6. The van der Waals surface area contributed by atoms with Crippen molar-refractivity contribution in [2.45, 2.75) is 84.3 Å². The van der Waals surface area contributed by atoms with Crippen molar-refractivity contribution in [3.8, 4) is 11.3 Å². The summed E-state index contributed by atoms with van der Waals surface area (Å²) in [6.07, 6.45) is 0.653. The minimum absolute atomic E-state index is 0.00235. The Bertz CT molecular complexity index is 2310. The van der Waals surface area contributed by atoms with E-state index in [0.717, 1.165) is 40.8 Å². The van der Waals surface area contributed by atoms with Crippen LogP contribution in [0, 0.1) is 23.5 Å². The zero-order chi connectivity index (χ0) is 48.4. The van der Waals surface area contributed by atoms with E-state index in [1.54, 1.807) is 31.5 Å². The van der Waals surface area contributed by atoms with Crippen molar-refractivity contribution in [2.24, 2.45) is 11.8 Å². The van der Waals surface area contributed by atoms with E-state index < -0.39 is 83.2 Å². The van der Waals surface area contributed by atoms with Crippen molar-refractivity contribution < 1.29 is 61.3 Å². The average Bonchev–Trinajstić information content (AvgIpc) is 3.97. The molecular weight excluding hydrogens is 877 g/mol. The van der Waals surface area contributed by atoms with Crippen LogP contribution < -0.4 is 10.6 Å². The third kappa shape index (κ3) is 13.5. The molecule has 6 rings (SSSR count). The van der Waals surface area contributed by atoms with Crippen molar-refractivity contribution in [1.29, 1.82) is 0 Å². The van der Waals surface area contributed by atoms with Gasteiger partial charge in [-0.1, -0.05) is 30.3 Å². The van der Waals surface area contributed by atoms with Gasteiger partial charge >= 0.3 is 18.2 Å². The first-order chi connectivity index (χ1) is 31.9. The van der Waals surface area contributed by atoms with Crippen molar-refractivity contribution in [1.82, 2.24) is 34.9 Å². The molecule has 4 atom stereocenters. The van der Waals surface area contributed by atoms with E-state index in [1.807, 2.05) is 30.3 Å². The van der Waals surface area contributed by atoms with Crippen LogP contribution in [0.25, 0.3) is 11.3 Å². The Hall–Kier alpha value is -6.70. The Morgan fingerprint density at radius 1 is 0.955 bits per heavy atom. The largest absolute Gasteiger partial charge is 0.453 e. The fraction of sp³-hybridized carbons (Fsp3) is 0.489. The van der Waals surface area contributed by atoms with Gasteiger partial charge in [0.25, 0.3) is 17.7 Å². The topological polar surface area (TPSA) is 208 Å². The summed E-state index contributed by atoms with van der Waals surface area (Å²) in [4.78, 5) is 99.3. The van der Waals surface area contributed by atoms with Crippen LogP contribution in [0.2, 0.25) is 0 Å². The molecule has 2 saturated heterocycles. The number of hydrogen-bond acceptors (Lipinski definition) is 12. The molecule has 2 N–H and O–H groups in total. The molecule has 1 aromatic heterocycles. The van der Waals surface area contributed by atoms with Gasteiger partial charge in [0, 0.05) is 95.7 Å². The number of hydrogen-bond donors (Lipinski definition) is 2. The Kier molecular flexibility index (Phi) is 16.5. The monoisotopic (exact) mass is 933 g/mol. The van der Waals surface area contributed by atoms with E-state index in [9.17, 15) is 38.0 Å².